The van der Waals surface area contributed by atoms with Crippen molar-refractivity contribution in [1.82, 2.24) is 9.62 Å². The molecule has 2 rings (SSSR count). The van der Waals surface area contributed by atoms with Crippen LogP contribution in [0.3, 0.4) is 0 Å². The Morgan fingerprint density at radius 2 is 1.79 bits per heavy atom. The Bertz CT molecular complexity index is 1010. The first-order valence-corrected chi connectivity index (χ1v) is 9.50. The molecule has 0 radical (unpaired) electrons. The van der Waals surface area contributed by atoms with Crippen LogP contribution < -0.4 is 10.1 Å². The lowest BCUT2D eigenvalue weighted by Crippen LogP contribution is -2.24. The highest BCUT2D eigenvalue weighted by Gasteiger charge is 2.17. The van der Waals surface area contributed by atoms with E-state index in [2.05, 4.69) is 17.2 Å². The highest BCUT2D eigenvalue weighted by Crippen LogP contribution is 2.17. The molecule has 0 aliphatic carbocycles. The molecule has 0 aliphatic heterocycles. The summed E-state index contributed by atoms with van der Waals surface area (Å²) in [6, 6.07) is 8.44. The molecule has 0 aromatic heterocycles. The van der Waals surface area contributed by atoms with Gasteiger partial charge in [0.15, 0.2) is 11.6 Å². The number of sulfonamides is 1. The Kier molecular flexibility index (Phi) is 7.09. The van der Waals surface area contributed by atoms with Crippen LogP contribution in [-0.2, 0) is 10.0 Å². The summed E-state index contributed by atoms with van der Waals surface area (Å²) in [4.78, 5) is 12.1. The van der Waals surface area contributed by atoms with Gasteiger partial charge in [0.05, 0.1) is 11.4 Å². The summed E-state index contributed by atoms with van der Waals surface area (Å²) < 4.78 is 56.2. The molecular weight excluding hydrogens is 390 g/mol. The first-order chi connectivity index (χ1) is 13.2. The second-order valence-corrected chi connectivity index (χ2v) is 7.86. The summed E-state index contributed by atoms with van der Waals surface area (Å²) in [5.41, 5.74) is 0.282. The van der Waals surface area contributed by atoms with Crippen molar-refractivity contribution in [2.75, 3.05) is 27.2 Å². The highest BCUT2D eigenvalue weighted by atomic mass is 32.2. The van der Waals surface area contributed by atoms with E-state index in [0.717, 1.165) is 16.4 Å². The van der Waals surface area contributed by atoms with Gasteiger partial charge < -0.3 is 10.1 Å². The zero-order valence-electron chi connectivity index (χ0n) is 15.2. The van der Waals surface area contributed by atoms with Gasteiger partial charge in [-0.3, -0.25) is 4.79 Å². The van der Waals surface area contributed by atoms with Crippen molar-refractivity contribution in [3.05, 3.63) is 59.7 Å². The third kappa shape index (κ3) is 5.52. The van der Waals surface area contributed by atoms with Crippen LogP contribution in [0.4, 0.5) is 8.78 Å². The molecule has 28 heavy (non-hydrogen) atoms. The van der Waals surface area contributed by atoms with Crippen molar-refractivity contribution < 1.29 is 26.7 Å². The van der Waals surface area contributed by atoms with Crippen molar-refractivity contribution in [3.8, 4) is 17.6 Å². The number of rotatable bonds is 6. The van der Waals surface area contributed by atoms with Crippen molar-refractivity contribution in [1.29, 1.82) is 0 Å². The predicted octanol–water partition coefficient (Wildman–Crippen LogP) is 2.03. The van der Waals surface area contributed by atoms with Crippen LogP contribution in [0.25, 0.3) is 0 Å². The zero-order valence-corrected chi connectivity index (χ0v) is 16.0. The molecule has 9 heteroatoms. The third-order valence-electron chi connectivity index (χ3n) is 3.55. The maximum atomic E-state index is 13.4. The van der Waals surface area contributed by atoms with E-state index < -0.39 is 27.6 Å². The largest absolute Gasteiger partial charge is 0.478 e. The minimum atomic E-state index is -3.56. The molecule has 0 fully saturated rings. The number of halogens is 2. The Morgan fingerprint density at radius 1 is 1.11 bits per heavy atom. The molecule has 2 aromatic carbocycles. The molecule has 0 saturated carbocycles. The molecule has 0 unspecified atom stereocenters. The van der Waals surface area contributed by atoms with Crippen LogP contribution in [0.2, 0.25) is 0 Å². The van der Waals surface area contributed by atoms with Gasteiger partial charge in [0.25, 0.3) is 5.91 Å². The number of hydrogen-bond donors (Lipinski definition) is 1. The summed E-state index contributed by atoms with van der Waals surface area (Å²) in [7, 11) is -0.718. The van der Waals surface area contributed by atoms with Gasteiger partial charge >= 0.3 is 0 Å². The number of ether oxygens (including phenoxy) is 1. The number of carbonyl (C=O) groups excluding carboxylic acids is 1. The number of hydrogen-bond acceptors (Lipinski definition) is 4. The SMILES string of the molecule is CN(C)S(=O)(=O)c1ccc(C(=O)NCC#CCOc2ccc(F)cc2F)cc1. The smallest absolute Gasteiger partial charge is 0.252 e. The lowest BCUT2D eigenvalue weighted by molar-refractivity contribution is 0.0958. The molecule has 1 N–H and O–H groups in total. The molecule has 0 atom stereocenters. The lowest BCUT2D eigenvalue weighted by atomic mass is 10.2. The quantitative estimate of drug-likeness (QED) is 0.743. The van der Waals surface area contributed by atoms with Gasteiger partial charge in [-0.1, -0.05) is 11.8 Å². The van der Waals surface area contributed by atoms with Gasteiger partial charge in [0.2, 0.25) is 10.0 Å². The molecule has 0 heterocycles. The number of nitrogens with zero attached hydrogens (tertiary/aromatic N) is 1. The number of amides is 1. The van der Waals surface area contributed by atoms with Gasteiger partial charge in [-0.05, 0) is 36.4 Å². The van der Waals surface area contributed by atoms with E-state index in [1.807, 2.05) is 0 Å². The van der Waals surface area contributed by atoms with Crippen LogP contribution >= 0.6 is 0 Å². The van der Waals surface area contributed by atoms with Crippen molar-refractivity contribution in [3.63, 3.8) is 0 Å². The first-order valence-electron chi connectivity index (χ1n) is 8.06. The second kappa shape index (κ2) is 9.30. The molecule has 0 aliphatic rings. The first kappa shape index (κ1) is 21.3. The Balaban J connectivity index is 1.84. The zero-order chi connectivity index (χ0) is 20.7. The Morgan fingerprint density at radius 3 is 2.39 bits per heavy atom. The predicted molar refractivity (Wildman–Crippen MR) is 99.3 cm³/mol. The van der Waals surface area contributed by atoms with E-state index in [9.17, 15) is 22.0 Å². The Hall–Kier alpha value is -2.96. The second-order valence-electron chi connectivity index (χ2n) is 5.71. The van der Waals surface area contributed by atoms with Crippen LogP contribution in [0.1, 0.15) is 10.4 Å². The number of carbonyl (C=O) groups is 1. The van der Waals surface area contributed by atoms with Crippen molar-refractivity contribution >= 4 is 15.9 Å². The summed E-state index contributed by atoms with van der Waals surface area (Å²) in [5, 5.41) is 2.55. The maximum absolute atomic E-state index is 13.4. The van der Waals surface area contributed by atoms with Crippen LogP contribution in [0.15, 0.2) is 47.4 Å². The molecular formula is C19H18F2N2O4S. The summed E-state index contributed by atoms with van der Waals surface area (Å²) in [6.07, 6.45) is 0. The molecule has 6 nitrogen and oxygen atoms in total. The van der Waals surface area contributed by atoms with Gasteiger partial charge in [-0.2, -0.15) is 0 Å². The summed E-state index contributed by atoms with van der Waals surface area (Å²) in [5.74, 6) is 3.16. The average molecular weight is 408 g/mol. The maximum Gasteiger partial charge on any atom is 0.252 e. The standard InChI is InChI=1S/C19H18F2N2O4S/c1-23(2)28(25,26)16-8-5-14(6-9-16)19(24)22-11-3-4-12-27-18-10-7-15(20)13-17(18)21/h5-10,13H,11-12H2,1-2H3,(H,22,24). The fraction of sp³-hybridized carbons (Fsp3) is 0.211. The summed E-state index contributed by atoms with van der Waals surface area (Å²) in [6.45, 7) is -0.110. The van der Waals surface area contributed by atoms with Crippen LogP contribution in [0, 0.1) is 23.5 Å². The van der Waals surface area contributed by atoms with Crippen LogP contribution in [-0.4, -0.2) is 45.9 Å². The average Bonchev–Trinajstić information content (AvgIpc) is 2.65. The molecule has 0 bridgehead atoms. The molecule has 2 aromatic rings. The normalized spacial score (nSPS) is 10.9. The van der Waals surface area contributed by atoms with E-state index in [-0.39, 0.29) is 29.4 Å². The van der Waals surface area contributed by atoms with E-state index >= 15 is 0 Å². The molecule has 0 saturated heterocycles. The lowest BCUT2D eigenvalue weighted by Gasteiger charge is -2.11. The van der Waals surface area contributed by atoms with E-state index in [1.165, 1.54) is 38.4 Å². The monoisotopic (exact) mass is 408 g/mol. The fourth-order valence-corrected chi connectivity index (χ4v) is 2.94. The molecule has 0 spiro atoms. The van der Waals surface area contributed by atoms with Crippen molar-refractivity contribution in [2.45, 2.75) is 4.90 Å². The van der Waals surface area contributed by atoms with E-state index in [1.54, 1.807) is 0 Å². The minimum Gasteiger partial charge on any atom is -0.478 e. The highest BCUT2D eigenvalue weighted by molar-refractivity contribution is 7.89. The molecule has 1 amide bonds. The van der Waals surface area contributed by atoms with E-state index in [4.69, 9.17) is 4.74 Å². The van der Waals surface area contributed by atoms with E-state index in [0.29, 0.717) is 6.07 Å². The number of nitrogens with one attached hydrogen (secondary N) is 1. The van der Waals surface area contributed by atoms with Gasteiger partial charge in [0.1, 0.15) is 12.4 Å². The van der Waals surface area contributed by atoms with Crippen LogP contribution in [0.5, 0.6) is 5.75 Å². The third-order valence-corrected chi connectivity index (χ3v) is 5.38. The van der Waals surface area contributed by atoms with Crippen molar-refractivity contribution in [2.24, 2.45) is 0 Å². The Labute approximate surface area is 162 Å². The van der Waals surface area contributed by atoms with Gasteiger partial charge in [-0.25, -0.2) is 21.5 Å². The van der Waals surface area contributed by atoms with Gasteiger partial charge in [0, 0.05) is 25.7 Å². The number of benzene rings is 2. The topological polar surface area (TPSA) is 75.7 Å². The molecule has 148 valence electrons. The summed E-state index contributed by atoms with van der Waals surface area (Å²) >= 11 is 0. The van der Waals surface area contributed by atoms with Gasteiger partial charge in [-0.15, -0.1) is 0 Å². The minimum absolute atomic E-state index is 0.0197. The fourth-order valence-electron chi connectivity index (χ4n) is 2.04.